The molecule has 0 radical (unpaired) electrons. The number of ether oxygens (including phenoxy) is 2. The van der Waals surface area contributed by atoms with Gasteiger partial charge in [-0.25, -0.2) is 4.79 Å². The Labute approximate surface area is 212 Å². The maximum Gasteiger partial charge on any atom is 0.341 e. The van der Waals surface area contributed by atoms with Crippen LogP contribution in [0.3, 0.4) is 0 Å². The van der Waals surface area contributed by atoms with Crippen LogP contribution in [0.4, 0.5) is 0 Å². The molecule has 178 valence electrons. The van der Waals surface area contributed by atoms with E-state index in [1.54, 1.807) is 30.3 Å². The summed E-state index contributed by atoms with van der Waals surface area (Å²) in [5, 5.41) is 16.1. The zero-order valence-electron chi connectivity index (χ0n) is 18.6. The molecular weight excluding hydrogens is 488 g/mol. The Balaban J connectivity index is 1.98. The molecule has 1 atom stereocenters. The number of Topliss-reactive ketones (excluding diaryl/α,β-unsaturated/α-hetero) is 1. The van der Waals surface area contributed by atoms with Gasteiger partial charge < -0.3 is 25.2 Å². The van der Waals surface area contributed by atoms with Crippen molar-refractivity contribution in [3.63, 3.8) is 0 Å². The van der Waals surface area contributed by atoms with E-state index in [2.05, 4.69) is 10.6 Å². The van der Waals surface area contributed by atoms with Gasteiger partial charge in [-0.3, -0.25) is 4.79 Å². The summed E-state index contributed by atoms with van der Waals surface area (Å²) in [5.41, 5.74) is 2.52. The number of carboxylic acids is 1. The van der Waals surface area contributed by atoms with Crippen molar-refractivity contribution in [1.82, 2.24) is 10.6 Å². The van der Waals surface area contributed by atoms with Gasteiger partial charge in [0.15, 0.2) is 29.0 Å². The summed E-state index contributed by atoms with van der Waals surface area (Å²) in [6, 6.07) is 20.5. The highest BCUT2D eigenvalue weighted by Gasteiger charge is 2.35. The van der Waals surface area contributed by atoms with E-state index in [-0.39, 0.29) is 22.4 Å². The van der Waals surface area contributed by atoms with Gasteiger partial charge >= 0.3 is 5.97 Å². The molecule has 1 aliphatic heterocycles. The number of carboxylic acid groups (broad SMARTS) is 1. The number of methoxy groups -OCH3 is 1. The van der Waals surface area contributed by atoms with Gasteiger partial charge in [0.25, 0.3) is 0 Å². The molecule has 3 aromatic carbocycles. The summed E-state index contributed by atoms with van der Waals surface area (Å²) in [6.07, 6.45) is 0. The van der Waals surface area contributed by atoms with Crippen molar-refractivity contribution in [3.05, 3.63) is 100 Å². The van der Waals surface area contributed by atoms with Crippen molar-refractivity contribution < 1.29 is 24.2 Å². The smallest absolute Gasteiger partial charge is 0.341 e. The second-order valence-electron chi connectivity index (χ2n) is 7.59. The molecule has 7 nitrogen and oxygen atoms in total. The predicted octanol–water partition coefficient (Wildman–Crippen LogP) is 4.63. The molecule has 35 heavy (non-hydrogen) atoms. The van der Waals surface area contributed by atoms with E-state index in [1.807, 2.05) is 36.4 Å². The Hall–Kier alpha value is -3.88. The maximum atomic E-state index is 13.9. The summed E-state index contributed by atoms with van der Waals surface area (Å²) in [4.78, 5) is 25.2. The molecule has 3 N–H and O–H groups in total. The van der Waals surface area contributed by atoms with Crippen molar-refractivity contribution in [1.29, 1.82) is 0 Å². The highest BCUT2D eigenvalue weighted by molar-refractivity contribution is 7.80. The summed E-state index contributed by atoms with van der Waals surface area (Å²) in [5.74, 6) is -1.04. The van der Waals surface area contributed by atoms with Gasteiger partial charge in [-0.1, -0.05) is 72.3 Å². The monoisotopic (exact) mass is 508 g/mol. The van der Waals surface area contributed by atoms with Gasteiger partial charge in [0.05, 0.1) is 24.4 Å². The Morgan fingerprint density at radius 2 is 1.71 bits per heavy atom. The number of hydrogen-bond donors (Lipinski definition) is 3. The first-order chi connectivity index (χ1) is 16.9. The molecule has 1 aliphatic rings. The average Bonchev–Trinajstić information content (AvgIpc) is 2.87. The van der Waals surface area contributed by atoms with Gasteiger partial charge in [-0.2, -0.15) is 0 Å². The third-order valence-electron chi connectivity index (χ3n) is 5.33. The third-order valence-corrected chi connectivity index (χ3v) is 5.77. The van der Waals surface area contributed by atoms with Crippen LogP contribution in [-0.4, -0.2) is 35.7 Å². The van der Waals surface area contributed by atoms with Crippen LogP contribution in [-0.2, 0) is 4.79 Å². The first kappa shape index (κ1) is 24.3. The minimum Gasteiger partial charge on any atom is -0.493 e. The first-order valence-corrected chi connectivity index (χ1v) is 11.4. The Bertz CT molecular complexity index is 1310. The summed E-state index contributed by atoms with van der Waals surface area (Å²) >= 11 is 11.9. The van der Waals surface area contributed by atoms with Gasteiger partial charge in [0.2, 0.25) is 0 Å². The zero-order chi connectivity index (χ0) is 24.9. The lowest BCUT2D eigenvalue weighted by Crippen LogP contribution is -2.45. The molecule has 0 aliphatic carbocycles. The lowest BCUT2D eigenvalue weighted by Gasteiger charge is -2.33. The van der Waals surface area contributed by atoms with Crippen molar-refractivity contribution in [3.8, 4) is 11.5 Å². The van der Waals surface area contributed by atoms with Crippen LogP contribution in [0.15, 0.2) is 78.4 Å². The van der Waals surface area contributed by atoms with Crippen molar-refractivity contribution in [2.24, 2.45) is 0 Å². The highest BCUT2D eigenvalue weighted by Crippen LogP contribution is 2.43. The summed E-state index contributed by atoms with van der Waals surface area (Å²) in [7, 11) is 1.42. The second kappa shape index (κ2) is 10.6. The second-order valence-corrected chi connectivity index (χ2v) is 8.43. The maximum absolute atomic E-state index is 13.9. The molecule has 0 aromatic heterocycles. The fourth-order valence-electron chi connectivity index (χ4n) is 3.86. The lowest BCUT2D eigenvalue weighted by atomic mass is 9.87. The van der Waals surface area contributed by atoms with Crippen LogP contribution in [0.1, 0.15) is 27.5 Å². The topological polar surface area (TPSA) is 96.9 Å². The number of halogens is 1. The van der Waals surface area contributed by atoms with Gasteiger partial charge in [0.1, 0.15) is 0 Å². The van der Waals surface area contributed by atoms with Crippen molar-refractivity contribution in [2.45, 2.75) is 6.04 Å². The number of benzene rings is 3. The lowest BCUT2D eigenvalue weighted by molar-refractivity contribution is -0.139. The van der Waals surface area contributed by atoms with Crippen LogP contribution < -0.4 is 20.1 Å². The minimum atomic E-state index is -1.16. The molecular formula is C26H21ClN2O5S. The summed E-state index contributed by atoms with van der Waals surface area (Å²) in [6.45, 7) is -0.613. The molecule has 0 saturated heterocycles. The Kier molecular flexibility index (Phi) is 7.33. The normalized spacial score (nSPS) is 15.1. The Morgan fingerprint density at radius 3 is 2.34 bits per heavy atom. The molecule has 1 heterocycles. The van der Waals surface area contributed by atoms with E-state index in [0.29, 0.717) is 27.4 Å². The SMILES string of the molecule is COc1cc(Cl)cc(C2NC(=S)NC(c3ccccc3)=C2C(=O)c2ccccc2)c1OCC(=O)O. The molecule has 0 amide bonds. The number of rotatable bonds is 8. The van der Waals surface area contributed by atoms with Crippen molar-refractivity contribution >= 4 is 46.4 Å². The molecule has 3 aromatic rings. The number of ketones is 1. The van der Waals surface area contributed by atoms with Crippen LogP contribution in [0, 0.1) is 0 Å². The molecule has 0 fully saturated rings. The molecule has 9 heteroatoms. The molecule has 4 rings (SSSR count). The van der Waals surface area contributed by atoms with Crippen molar-refractivity contribution in [2.75, 3.05) is 13.7 Å². The average molecular weight is 509 g/mol. The number of carbonyl (C=O) groups excluding carboxylic acids is 1. The van der Waals surface area contributed by atoms with E-state index in [0.717, 1.165) is 5.56 Å². The largest absolute Gasteiger partial charge is 0.493 e. The first-order valence-electron chi connectivity index (χ1n) is 10.6. The molecule has 1 unspecified atom stereocenters. The van der Waals surface area contributed by atoms with Crippen LogP contribution in [0.25, 0.3) is 5.70 Å². The molecule has 0 spiro atoms. The minimum absolute atomic E-state index is 0.146. The van der Waals surface area contributed by atoms with Gasteiger partial charge in [-0.15, -0.1) is 0 Å². The van der Waals surface area contributed by atoms with Crippen LogP contribution in [0.2, 0.25) is 5.02 Å². The van der Waals surface area contributed by atoms with Gasteiger partial charge in [-0.05, 0) is 23.8 Å². The van der Waals surface area contributed by atoms with Gasteiger partial charge in [0, 0.05) is 22.2 Å². The highest BCUT2D eigenvalue weighted by atomic mass is 35.5. The quantitative estimate of drug-likeness (QED) is 0.299. The number of aliphatic carboxylic acids is 1. The van der Waals surface area contributed by atoms with E-state index in [1.165, 1.54) is 13.2 Å². The number of thiocarbonyl (C=S) groups is 1. The summed E-state index contributed by atoms with van der Waals surface area (Å²) < 4.78 is 11.0. The van der Waals surface area contributed by atoms with Crippen LogP contribution in [0.5, 0.6) is 11.5 Å². The fourth-order valence-corrected chi connectivity index (χ4v) is 4.30. The molecule has 0 bridgehead atoms. The van der Waals surface area contributed by atoms with E-state index < -0.39 is 18.6 Å². The van der Waals surface area contributed by atoms with E-state index in [9.17, 15) is 14.7 Å². The predicted molar refractivity (Wildman–Crippen MR) is 137 cm³/mol. The zero-order valence-corrected chi connectivity index (χ0v) is 20.2. The number of nitrogens with one attached hydrogen (secondary N) is 2. The number of carbonyl (C=O) groups is 2. The van der Waals surface area contributed by atoms with Crippen LogP contribution >= 0.6 is 23.8 Å². The number of hydrogen-bond acceptors (Lipinski definition) is 5. The third kappa shape index (κ3) is 5.29. The fraction of sp³-hybridized carbons (Fsp3) is 0.115. The Morgan fingerprint density at radius 1 is 1.06 bits per heavy atom. The van der Waals surface area contributed by atoms with E-state index >= 15 is 0 Å². The van der Waals surface area contributed by atoms with E-state index in [4.69, 9.17) is 33.3 Å². The molecule has 0 saturated carbocycles. The standard InChI is InChI=1S/C26H21ClN2O5S/c1-33-19-13-17(27)12-18(25(19)34-14-20(30)31)23-21(24(32)16-10-6-3-7-11-16)22(28-26(35)29-23)15-8-4-2-5-9-15/h2-13,23H,14H2,1H3,(H,30,31)(H2,28,29,35).